The van der Waals surface area contributed by atoms with Crippen LogP contribution in [0.15, 0.2) is 121 Å². The minimum atomic E-state index is -0.523. The number of halogens is 4. The van der Waals surface area contributed by atoms with Crippen LogP contribution in [0, 0.1) is 52.7 Å². The molecule has 0 radical (unpaired) electrons. The Labute approximate surface area is 474 Å². The lowest BCUT2D eigenvalue weighted by atomic mass is 10.1. The predicted molar refractivity (Wildman–Crippen MR) is 300 cm³/mol. The van der Waals surface area contributed by atoms with Crippen LogP contribution in [-0.4, -0.2) is 46.4 Å². The summed E-state index contributed by atoms with van der Waals surface area (Å²) in [5.41, 5.74) is 19.1. The summed E-state index contributed by atoms with van der Waals surface area (Å²) in [4.78, 5) is 55.6. The van der Waals surface area contributed by atoms with E-state index in [9.17, 15) is 15.0 Å². The molecule has 20 nitrogen and oxygen atoms in total. The number of aryl methyl sites for hydroxylation is 2. The van der Waals surface area contributed by atoms with Gasteiger partial charge in [-0.3, -0.25) is 19.7 Å². The number of nitrogens with zero attached hydrogens (tertiary/aromatic N) is 11. The molecular weight excluding hydrogens is 1140 g/mol. The van der Waals surface area contributed by atoms with Gasteiger partial charge in [-0.25, -0.2) is 19.9 Å². The molecule has 7 heterocycles. The molecule has 0 saturated carbocycles. The van der Waals surface area contributed by atoms with Crippen LogP contribution >= 0.6 is 50.7 Å². The lowest BCUT2D eigenvalue weighted by Gasteiger charge is -2.11. The Bertz CT molecular complexity index is 3860. The lowest BCUT2D eigenvalue weighted by molar-refractivity contribution is -0.00230. The Hall–Kier alpha value is -9.04. The number of nitrogens with one attached hydrogen (secondary N) is 1. The second kappa shape index (κ2) is 25.9. The maximum atomic E-state index is 12.7. The first-order valence-corrected chi connectivity index (χ1v) is 25.4. The summed E-state index contributed by atoms with van der Waals surface area (Å²) in [6.45, 7) is 9.22. The molecule has 0 atom stereocenters. The molecule has 5 N–H and O–H groups in total. The summed E-state index contributed by atoms with van der Waals surface area (Å²) in [6, 6.07) is 30.4. The van der Waals surface area contributed by atoms with Gasteiger partial charge in [0.2, 0.25) is 39.7 Å². The summed E-state index contributed by atoms with van der Waals surface area (Å²) in [6.07, 6.45) is 6.08. The highest BCUT2D eigenvalue weighted by atomic mass is 79.9. The van der Waals surface area contributed by atoms with Crippen molar-refractivity contribution in [2.24, 2.45) is 5.34 Å². The Morgan fingerprint density at radius 3 is 1.51 bits per heavy atom. The van der Waals surface area contributed by atoms with Crippen LogP contribution in [0.5, 0.6) is 0 Å². The SMILES string of the molecule is CC(C)(C)ON=O.Cc1cc(N)nc(C)c1CNC(=O)c1oc(Cc2ccc3ncc(Cl)cc3c2)nc1C#N.N#Cc1nc(Cc2ccc3ncc(Cl)cc3c2)oc1Br.N#Cc1nc(Cc2ccc3ncc(Cl)cc3c2)oc1N. The molecule has 0 saturated heterocycles. The number of anilines is 2. The number of hydrogen-bond donors (Lipinski definition) is 3. The average molecular weight is 1180 g/mol. The Morgan fingerprint density at radius 1 is 0.658 bits per heavy atom. The summed E-state index contributed by atoms with van der Waals surface area (Å²) in [7, 11) is 0. The van der Waals surface area contributed by atoms with Crippen LogP contribution in [-0.2, 0) is 30.6 Å². The number of carbonyl (C=O) groups is 1. The molecule has 0 spiro atoms. The van der Waals surface area contributed by atoms with Gasteiger partial charge in [0.05, 0.1) is 31.6 Å². The fourth-order valence-electron chi connectivity index (χ4n) is 7.52. The van der Waals surface area contributed by atoms with Crippen molar-refractivity contribution < 1.29 is 22.9 Å². The Balaban J connectivity index is 0.000000167. The van der Waals surface area contributed by atoms with E-state index in [0.29, 0.717) is 56.6 Å². The van der Waals surface area contributed by atoms with Crippen molar-refractivity contribution in [1.29, 1.82) is 15.8 Å². The molecule has 0 aliphatic carbocycles. The second-order valence-corrected chi connectivity index (χ2v) is 20.2. The van der Waals surface area contributed by atoms with Crippen molar-refractivity contribution in [3.8, 4) is 18.2 Å². The monoisotopic (exact) mass is 1180 g/mol. The molecule has 10 aromatic rings. The van der Waals surface area contributed by atoms with E-state index in [-0.39, 0.29) is 41.2 Å². The number of nitriles is 3. The van der Waals surface area contributed by atoms with Gasteiger partial charge in [0.25, 0.3) is 5.91 Å². The summed E-state index contributed by atoms with van der Waals surface area (Å²) in [5.74, 6) is 0.997. The van der Waals surface area contributed by atoms with E-state index < -0.39 is 11.5 Å². The van der Waals surface area contributed by atoms with E-state index >= 15 is 0 Å². The van der Waals surface area contributed by atoms with E-state index in [0.717, 1.165) is 66.2 Å². The molecule has 0 bridgehead atoms. The number of nitrogens with two attached hydrogens (primary N) is 2. The molecule has 7 aromatic heterocycles. The first-order chi connectivity index (χ1) is 37.7. The quantitative estimate of drug-likeness (QED) is 0.0846. The third-order valence-electron chi connectivity index (χ3n) is 11.0. The summed E-state index contributed by atoms with van der Waals surface area (Å²) >= 11 is 21.1. The van der Waals surface area contributed by atoms with Crippen LogP contribution in [0.25, 0.3) is 32.7 Å². The molecule has 0 aliphatic rings. The normalized spacial score (nSPS) is 10.7. The minimum absolute atomic E-state index is 0.0491. The zero-order valence-corrected chi connectivity index (χ0v) is 46.5. The number of pyridine rings is 4. The smallest absolute Gasteiger partial charge is 0.290 e. The highest BCUT2D eigenvalue weighted by Crippen LogP contribution is 2.26. The van der Waals surface area contributed by atoms with Gasteiger partial charge in [-0.05, 0) is 139 Å². The zero-order chi connectivity index (χ0) is 57.0. The highest BCUT2D eigenvalue weighted by molar-refractivity contribution is 9.10. The van der Waals surface area contributed by atoms with Crippen molar-refractivity contribution >= 4 is 101 Å². The van der Waals surface area contributed by atoms with Gasteiger partial charge in [-0.15, -0.1) is 4.91 Å². The van der Waals surface area contributed by atoms with Crippen LogP contribution in [0.2, 0.25) is 15.1 Å². The number of rotatable bonds is 10. The Kier molecular flexibility index (Phi) is 18.9. The minimum Gasteiger partial charge on any atom is -0.434 e. The van der Waals surface area contributed by atoms with Crippen LogP contribution in [0.3, 0.4) is 0 Å². The van der Waals surface area contributed by atoms with Crippen LogP contribution in [0.1, 0.15) is 99.6 Å². The fourth-order valence-corrected chi connectivity index (χ4v) is 8.39. The molecule has 0 aliphatic heterocycles. The molecule has 0 unspecified atom stereocenters. The van der Waals surface area contributed by atoms with Gasteiger partial charge in [0.15, 0.2) is 16.7 Å². The van der Waals surface area contributed by atoms with Crippen molar-refractivity contribution in [2.75, 3.05) is 11.5 Å². The van der Waals surface area contributed by atoms with E-state index in [1.165, 1.54) is 0 Å². The molecule has 24 heteroatoms. The molecule has 1 amide bonds. The van der Waals surface area contributed by atoms with E-state index in [2.05, 4.69) is 66.3 Å². The largest absolute Gasteiger partial charge is 0.434 e. The lowest BCUT2D eigenvalue weighted by Crippen LogP contribution is -2.24. The van der Waals surface area contributed by atoms with Gasteiger partial charge in [0, 0.05) is 66.3 Å². The van der Waals surface area contributed by atoms with Crippen LogP contribution < -0.4 is 16.8 Å². The molecule has 3 aromatic carbocycles. The molecule has 0 fully saturated rings. The molecule has 79 heavy (non-hydrogen) atoms. The highest BCUT2D eigenvalue weighted by Gasteiger charge is 2.22. The van der Waals surface area contributed by atoms with E-state index in [4.69, 9.17) is 70.0 Å². The first-order valence-electron chi connectivity index (χ1n) is 23.5. The fraction of sp³-hybridized carbons (Fsp3) is 0.182. The predicted octanol–water partition coefficient (Wildman–Crippen LogP) is 12.4. The number of hydrogen-bond acceptors (Lipinski definition) is 19. The first kappa shape index (κ1) is 57.7. The maximum Gasteiger partial charge on any atom is 0.290 e. The molecular formula is C55H44BrCl3N14O6. The maximum absolute atomic E-state index is 12.7. The average Bonchev–Trinajstić information content (AvgIpc) is 4.11. The number of benzene rings is 3. The van der Waals surface area contributed by atoms with Crippen molar-refractivity contribution in [2.45, 2.75) is 66.0 Å². The number of carbonyl (C=O) groups excluding carboxylic acids is 1. The van der Waals surface area contributed by atoms with Gasteiger partial charge < -0.3 is 34.9 Å². The molecule has 10 rings (SSSR count). The van der Waals surface area contributed by atoms with Gasteiger partial charge in [-0.2, -0.15) is 15.8 Å². The van der Waals surface area contributed by atoms with E-state index in [1.54, 1.807) is 45.4 Å². The second-order valence-electron chi connectivity index (χ2n) is 18.1. The third kappa shape index (κ3) is 15.8. The van der Waals surface area contributed by atoms with E-state index in [1.807, 2.05) is 105 Å². The van der Waals surface area contributed by atoms with Gasteiger partial charge in [0.1, 0.15) is 29.6 Å². The number of oxazole rings is 3. The molecule has 398 valence electrons. The third-order valence-corrected chi connectivity index (χ3v) is 12.2. The number of amides is 1. The number of fused-ring (bicyclic) bond motifs is 3. The van der Waals surface area contributed by atoms with Crippen molar-refractivity contribution in [1.82, 2.24) is 40.2 Å². The van der Waals surface area contributed by atoms with Crippen molar-refractivity contribution in [3.63, 3.8) is 0 Å². The van der Waals surface area contributed by atoms with Gasteiger partial charge in [-0.1, -0.05) is 53.0 Å². The summed E-state index contributed by atoms with van der Waals surface area (Å²) in [5, 5.41) is 36.6. The Morgan fingerprint density at radius 2 is 1.10 bits per heavy atom. The zero-order valence-electron chi connectivity index (χ0n) is 42.6. The number of aromatic nitrogens is 7. The standard InChI is InChI=1S/C23H19ClN6O2.C14H7BrClN3O.C14H9ClN4O.C4H9NO2/c1-12-5-20(26)29-13(2)17(12)11-28-23(31)22-19(9-25)30-21(32-22)7-14-3-4-18-15(6-14)8-16(24)10-27-18;15-14-12(6-17)19-13(20-14)4-8-1-2-11-9(3-8)5-10(16)7-18-11;15-10-5-9-3-8(1-2-11(9)18-7-10)4-13-19-12(6-16)14(17)20-13;1-4(2,3)7-5-6/h3-6,8,10H,7,11H2,1-2H3,(H2,26,29)(H,28,31);1-3,5,7H,4H2;1-3,5,7H,4,17H2;1-3H3. The summed E-state index contributed by atoms with van der Waals surface area (Å²) < 4.78 is 16.6. The topological polar surface area (TPSA) is 321 Å². The van der Waals surface area contributed by atoms with Crippen LogP contribution in [0.4, 0.5) is 11.7 Å². The van der Waals surface area contributed by atoms with Crippen molar-refractivity contribution in [3.05, 3.63) is 196 Å². The van der Waals surface area contributed by atoms with Gasteiger partial charge >= 0.3 is 0 Å². The number of nitrogen functional groups attached to an aromatic ring is 2.